The maximum atomic E-state index is 12.1. The van der Waals surface area contributed by atoms with Crippen LogP contribution in [-0.4, -0.2) is 21.5 Å². The molecule has 0 aliphatic rings. The summed E-state index contributed by atoms with van der Waals surface area (Å²) in [5, 5.41) is 14.9. The number of hydrogen-bond acceptors (Lipinski definition) is 3. The van der Waals surface area contributed by atoms with Gasteiger partial charge in [-0.1, -0.05) is 30.7 Å². The summed E-state index contributed by atoms with van der Waals surface area (Å²) < 4.78 is 30.1. The van der Waals surface area contributed by atoms with Gasteiger partial charge in [-0.2, -0.15) is 13.9 Å². The lowest BCUT2D eigenvalue weighted by Gasteiger charge is -2.14. The Balaban J connectivity index is 2.23. The molecule has 0 saturated heterocycles. The molecular weight excluding hydrogens is 302 g/mol. The summed E-state index contributed by atoms with van der Waals surface area (Å²) in [7, 11) is 0. The Hall–Kier alpha value is -1.66. The molecule has 0 amide bonds. The number of benzene rings is 1. The number of alkyl halides is 2. The molecule has 7 heteroatoms. The molecule has 0 saturated carbocycles. The number of aliphatic hydroxyl groups excluding tert-OH is 1. The summed E-state index contributed by atoms with van der Waals surface area (Å²) in [6.07, 6.45) is 1.34. The monoisotopic (exact) mass is 316 g/mol. The van der Waals surface area contributed by atoms with E-state index in [1.807, 2.05) is 6.92 Å². The molecule has 0 radical (unpaired) electrons. The highest BCUT2D eigenvalue weighted by molar-refractivity contribution is 6.31. The maximum absolute atomic E-state index is 12.1. The summed E-state index contributed by atoms with van der Waals surface area (Å²) >= 11 is 6.06. The minimum atomic E-state index is -2.87. The van der Waals surface area contributed by atoms with Crippen molar-refractivity contribution in [3.63, 3.8) is 0 Å². The van der Waals surface area contributed by atoms with Crippen molar-refractivity contribution in [3.05, 3.63) is 46.7 Å². The molecule has 0 fully saturated rings. The molecule has 1 aromatic heterocycles. The lowest BCUT2D eigenvalue weighted by atomic mass is 10.1. The smallest absolute Gasteiger partial charge is 0.387 e. The number of aryl methyl sites for hydroxylation is 1. The summed E-state index contributed by atoms with van der Waals surface area (Å²) in [6, 6.07) is 5.78. The van der Waals surface area contributed by atoms with Crippen LogP contribution >= 0.6 is 11.6 Å². The zero-order valence-corrected chi connectivity index (χ0v) is 12.1. The topological polar surface area (TPSA) is 47.3 Å². The molecule has 2 rings (SSSR count). The molecule has 4 nitrogen and oxygen atoms in total. The van der Waals surface area contributed by atoms with Gasteiger partial charge in [0.25, 0.3) is 0 Å². The van der Waals surface area contributed by atoms with Gasteiger partial charge in [0.05, 0.1) is 16.9 Å². The van der Waals surface area contributed by atoms with E-state index in [-0.39, 0.29) is 5.75 Å². The molecule has 1 unspecified atom stereocenters. The third-order valence-corrected chi connectivity index (χ3v) is 3.24. The molecule has 0 aliphatic heterocycles. The standard InChI is InChI=1S/C14H15ClF2N2O2/c1-2-7-19-12(11(15)8-18-19)13(20)9-3-5-10(6-4-9)21-14(16)17/h3-6,8,13-14,20H,2,7H2,1H3. The molecule has 0 spiro atoms. The lowest BCUT2D eigenvalue weighted by Crippen LogP contribution is -2.10. The predicted octanol–water partition coefficient (Wildman–Crippen LogP) is 3.63. The van der Waals surface area contributed by atoms with Crippen LogP contribution in [0.2, 0.25) is 5.02 Å². The van der Waals surface area contributed by atoms with E-state index in [0.29, 0.717) is 22.8 Å². The molecule has 1 atom stereocenters. The fourth-order valence-corrected chi connectivity index (χ4v) is 2.27. The summed E-state index contributed by atoms with van der Waals surface area (Å²) in [6.45, 7) is -0.255. The predicted molar refractivity (Wildman–Crippen MR) is 74.7 cm³/mol. The van der Waals surface area contributed by atoms with Gasteiger partial charge in [0, 0.05) is 6.54 Å². The van der Waals surface area contributed by atoms with E-state index < -0.39 is 12.7 Å². The molecule has 1 heterocycles. The molecule has 0 bridgehead atoms. The summed E-state index contributed by atoms with van der Waals surface area (Å²) in [4.78, 5) is 0. The van der Waals surface area contributed by atoms with Crippen LogP contribution in [0.5, 0.6) is 5.75 Å². The van der Waals surface area contributed by atoms with Crippen molar-refractivity contribution >= 4 is 11.6 Å². The SMILES string of the molecule is CCCn1ncc(Cl)c1C(O)c1ccc(OC(F)F)cc1. The molecule has 21 heavy (non-hydrogen) atoms. The zero-order chi connectivity index (χ0) is 15.4. The van der Waals surface area contributed by atoms with Crippen LogP contribution in [0.15, 0.2) is 30.5 Å². The highest BCUT2D eigenvalue weighted by Crippen LogP contribution is 2.29. The van der Waals surface area contributed by atoms with E-state index in [9.17, 15) is 13.9 Å². The highest BCUT2D eigenvalue weighted by Gasteiger charge is 2.19. The van der Waals surface area contributed by atoms with E-state index in [2.05, 4.69) is 9.84 Å². The van der Waals surface area contributed by atoms with Gasteiger partial charge < -0.3 is 9.84 Å². The van der Waals surface area contributed by atoms with Crippen molar-refractivity contribution in [1.82, 2.24) is 9.78 Å². The largest absolute Gasteiger partial charge is 0.435 e. The number of aromatic nitrogens is 2. The van der Waals surface area contributed by atoms with Crippen LogP contribution in [0, 0.1) is 0 Å². The fourth-order valence-electron chi connectivity index (χ4n) is 2.02. The molecule has 0 aliphatic carbocycles. The zero-order valence-electron chi connectivity index (χ0n) is 11.3. The molecule has 114 valence electrons. The van der Waals surface area contributed by atoms with Crippen molar-refractivity contribution in [3.8, 4) is 5.75 Å². The van der Waals surface area contributed by atoms with Crippen molar-refractivity contribution in [2.75, 3.05) is 0 Å². The van der Waals surface area contributed by atoms with Gasteiger partial charge in [-0.15, -0.1) is 0 Å². The Kier molecular flexibility index (Phi) is 5.14. The van der Waals surface area contributed by atoms with Gasteiger partial charge in [0.15, 0.2) is 0 Å². The summed E-state index contributed by atoms with van der Waals surface area (Å²) in [5.74, 6) is 0.0362. The maximum Gasteiger partial charge on any atom is 0.387 e. The van der Waals surface area contributed by atoms with Crippen LogP contribution in [-0.2, 0) is 6.54 Å². The van der Waals surface area contributed by atoms with Crippen LogP contribution < -0.4 is 4.74 Å². The van der Waals surface area contributed by atoms with E-state index in [1.54, 1.807) is 4.68 Å². The number of ether oxygens (including phenoxy) is 1. The first-order valence-electron chi connectivity index (χ1n) is 6.47. The highest BCUT2D eigenvalue weighted by atomic mass is 35.5. The first-order valence-corrected chi connectivity index (χ1v) is 6.84. The molecular formula is C14H15ClF2N2O2. The van der Waals surface area contributed by atoms with E-state index >= 15 is 0 Å². The van der Waals surface area contributed by atoms with E-state index in [1.165, 1.54) is 30.5 Å². The number of rotatable bonds is 6. The van der Waals surface area contributed by atoms with E-state index in [4.69, 9.17) is 11.6 Å². The Morgan fingerprint density at radius 1 is 1.33 bits per heavy atom. The number of hydrogen-bond donors (Lipinski definition) is 1. The quantitative estimate of drug-likeness (QED) is 0.885. The number of aliphatic hydroxyl groups is 1. The second-order valence-corrected chi connectivity index (χ2v) is 4.86. The lowest BCUT2D eigenvalue weighted by molar-refractivity contribution is -0.0498. The van der Waals surface area contributed by atoms with Gasteiger partial charge in [-0.25, -0.2) is 0 Å². The summed E-state index contributed by atoms with van der Waals surface area (Å²) in [5.41, 5.74) is 1.01. The third kappa shape index (κ3) is 3.71. The molecule has 1 N–H and O–H groups in total. The first kappa shape index (κ1) is 15.7. The van der Waals surface area contributed by atoms with Crippen molar-refractivity contribution in [1.29, 1.82) is 0 Å². The van der Waals surface area contributed by atoms with Crippen LogP contribution in [0.3, 0.4) is 0 Å². The Bertz CT molecular complexity index is 587. The number of halogens is 3. The Morgan fingerprint density at radius 2 is 2.00 bits per heavy atom. The normalized spacial score (nSPS) is 12.7. The Morgan fingerprint density at radius 3 is 2.57 bits per heavy atom. The average Bonchev–Trinajstić information content (AvgIpc) is 2.80. The average molecular weight is 317 g/mol. The van der Waals surface area contributed by atoms with Gasteiger partial charge in [0.2, 0.25) is 0 Å². The van der Waals surface area contributed by atoms with Crippen LogP contribution in [0.4, 0.5) is 8.78 Å². The van der Waals surface area contributed by atoms with Crippen LogP contribution in [0.25, 0.3) is 0 Å². The van der Waals surface area contributed by atoms with Crippen molar-refractivity contribution in [2.45, 2.75) is 32.6 Å². The Labute approximate surface area is 125 Å². The minimum Gasteiger partial charge on any atom is -0.435 e. The third-order valence-electron chi connectivity index (χ3n) is 2.95. The fraction of sp³-hybridized carbons (Fsp3) is 0.357. The second-order valence-electron chi connectivity index (χ2n) is 4.45. The first-order chi connectivity index (χ1) is 10.0. The van der Waals surface area contributed by atoms with Crippen molar-refractivity contribution in [2.24, 2.45) is 0 Å². The van der Waals surface area contributed by atoms with Gasteiger partial charge in [-0.3, -0.25) is 4.68 Å². The van der Waals surface area contributed by atoms with Crippen molar-refractivity contribution < 1.29 is 18.6 Å². The molecule has 2 aromatic rings. The number of nitrogens with zero attached hydrogens (tertiary/aromatic N) is 2. The minimum absolute atomic E-state index is 0.0362. The second kappa shape index (κ2) is 6.87. The van der Waals surface area contributed by atoms with E-state index in [0.717, 1.165) is 6.42 Å². The van der Waals surface area contributed by atoms with Gasteiger partial charge in [-0.05, 0) is 24.1 Å². The molecule has 1 aromatic carbocycles. The van der Waals surface area contributed by atoms with Gasteiger partial charge in [0.1, 0.15) is 11.9 Å². The van der Waals surface area contributed by atoms with Gasteiger partial charge >= 0.3 is 6.61 Å². The van der Waals surface area contributed by atoms with Crippen LogP contribution in [0.1, 0.15) is 30.7 Å².